The molecule has 0 radical (unpaired) electrons. The van der Waals surface area contributed by atoms with Gasteiger partial charge in [-0.15, -0.1) is 0 Å². The molecule has 6 nitrogen and oxygen atoms in total. The van der Waals surface area contributed by atoms with Crippen LogP contribution in [0.25, 0.3) is 0 Å². The topological polar surface area (TPSA) is 101 Å². The van der Waals surface area contributed by atoms with Gasteiger partial charge >= 0.3 is 5.97 Å². The number of halogens is 3. The van der Waals surface area contributed by atoms with Crippen LogP contribution in [0.3, 0.4) is 0 Å². The molecule has 0 bridgehead atoms. The molecule has 0 aromatic rings. The lowest BCUT2D eigenvalue weighted by Crippen LogP contribution is -2.71. The zero-order valence-corrected chi connectivity index (χ0v) is 20.4. The number of aliphatic hydroxyl groups is 2. The molecule has 9 heteroatoms. The van der Waals surface area contributed by atoms with Gasteiger partial charge in [0.2, 0.25) is 11.6 Å². The number of allylic oxidation sites excluding steroid dienone is 4. The molecule has 0 aromatic carbocycles. The second kappa shape index (κ2) is 8.26. The fourth-order valence-corrected chi connectivity index (χ4v) is 8.04. The van der Waals surface area contributed by atoms with E-state index in [1.807, 2.05) is 0 Å². The zero-order valence-electron chi connectivity index (χ0n) is 20.4. The average Bonchev–Trinajstić information content (AvgIpc) is 3.00. The predicted molar refractivity (Wildman–Crippen MR) is 119 cm³/mol. The minimum Gasteiger partial charge on any atom is -0.450 e. The van der Waals surface area contributed by atoms with Gasteiger partial charge < -0.3 is 14.9 Å². The lowest BCUT2D eigenvalue weighted by molar-refractivity contribution is -0.232. The molecule has 194 valence electrons. The van der Waals surface area contributed by atoms with E-state index >= 15 is 8.78 Å². The van der Waals surface area contributed by atoms with Crippen LogP contribution in [0, 0.1) is 28.6 Å². The SMILES string of the molecule is CCCC(=O)O[C@@]1(C(=O)CO)[C@H](C)C[C@H]2[C@@H]3C[C@H](F)C4=C(F)C(=O)C=C[C@]4(C)[C@@]3(F)[C@@H](O)C[C@@]21C. The summed E-state index contributed by atoms with van der Waals surface area (Å²) in [5.41, 5.74) is -8.17. The molecule has 4 aliphatic carbocycles. The van der Waals surface area contributed by atoms with Crippen molar-refractivity contribution in [2.45, 2.75) is 83.3 Å². The molecule has 35 heavy (non-hydrogen) atoms. The Morgan fingerprint density at radius 1 is 1.23 bits per heavy atom. The fraction of sp³-hybridized carbons (Fsp3) is 0.731. The second-order valence-corrected chi connectivity index (χ2v) is 11.1. The molecule has 3 saturated carbocycles. The van der Waals surface area contributed by atoms with E-state index in [0.29, 0.717) is 6.42 Å². The van der Waals surface area contributed by atoms with Crippen molar-refractivity contribution in [2.24, 2.45) is 28.6 Å². The summed E-state index contributed by atoms with van der Waals surface area (Å²) < 4.78 is 53.4. The van der Waals surface area contributed by atoms with Crippen LogP contribution in [-0.2, 0) is 19.1 Å². The number of rotatable bonds is 5. The Bertz CT molecular complexity index is 1020. The van der Waals surface area contributed by atoms with Crippen molar-refractivity contribution < 1.29 is 42.5 Å². The van der Waals surface area contributed by atoms with E-state index < -0.39 is 94.1 Å². The first-order chi connectivity index (χ1) is 16.3. The lowest BCUT2D eigenvalue weighted by atomic mass is 9.44. The molecule has 0 spiro atoms. The quantitative estimate of drug-likeness (QED) is 0.563. The summed E-state index contributed by atoms with van der Waals surface area (Å²) in [6.07, 6.45) is -1.89. The van der Waals surface area contributed by atoms with Gasteiger partial charge in [-0.3, -0.25) is 14.4 Å². The monoisotopic (exact) mass is 498 g/mol. The van der Waals surface area contributed by atoms with Crippen LogP contribution in [0.5, 0.6) is 0 Å². The Morgan fingerprint density at radius 2 is 1.89 bits per heavy atom. The fourth-order valence-electron chi connectivity index (χ4n) is 8.04. The van der Waals surface area contributed by atoms with Crippen LogP contribution in [0.2, 0.25) is 0 Å². The third kappa shape index (κ3) is 3.06. The molecular weight excluding hydrogens is 465 g/mol. The molecule has 0 saturated heterocycles. The molecule has 0 amide bonds. The van der Waals surface area contributed by atoms with Crippen LogP contribution >= 0.6 is 0 Å². The zero-order chi connectivity index (χ0) is 26.1. The maximum atomic E-state index is 17.2. The molecule has 9 atom stereocenters. The lowest BCUT2D eigenvalue weighted by Gasteiger charge is -2.63. The number of hydrogen-bond donors (Lipinski definition) is 2. The predicted octanol–water partition coefficient (Wildman–Crippen LogP) is 3.49. The van der Waals surface area contributed by atoms with Crippen molar-refractivity contribution in [3.05, 3.63) is 23.6 Å². The van der Waals surface area contributed by atoms with Gasteiger partial charge in [-0.2, -0.15) is 0 Å². The number of hydrogen-bond acceptors (Lipinski definition) is 6. The van der Waals surface area contributed by atoms with Crippen LogP contribution in [-0.4, -0.2) is 57.9 Å². The number of ketones is 2. The van der Waals surface area contributed by atoms with E-state index in [9.17, 15) is 29.0 Å². The summed E-state index contributed by atoms with van der Waals surface area (Å²) in [6.45, 7) is 5.44. The molecule has 2 N–H and O–H groups in total. The van der Waals surface area contributed by atoms with Crippen molar-refractivity contribution in [1.29, 1.82) is 0 Å². The summed E-state index contributed by atoms with van der Waals surface area (Å²) in [6, 6.07) is 0. The van der Waals surface area contributed by atoms with Crippen molar-refractivity contribution in [2.75, 3.05) is 6.61 Å². The summed E-state index contributed by atoms with van der Waals surface area (Å²) in [5, 5.41) is 21.2. The maximum absolute atomic E-state index is 17.2. The van der Waals surface area contributed by atoms with Gasteiger partial charge in [-0.05, 0) is 44.6 Å². The highest BCUT2D eigenvalue weighted by Crippen LogP contribution is 2.72. The van der Waals surface area contributed by atoms with Crippen molar-refractivity contribution >= 4 is 17.5 Å². The first-order valence-electron chi connectivity index (χ1n) is 12.3. The molecule has 0 heterocycles. The molecule has 3 fully saturated rings. The Hall–Kier alpha value is -2.00. The smallest absolute Gasteiger partial charge is 0.306 e. The molecular formula is C26H33F3O6. The van der Waals surface area contributed by atoms with Gasteiger partial charge in [-0.25, -0.2) is 13.2 Å². The maximum Gasteiger partial charge on any atom is 0.306 e. The Labute approximate surface area is 202 Å². The Balaban J connectivity index is 1.88. The normalized spacial score (nSPS) is 46.7. The number of alkyl halides is 2. The standard InChI is InChI=1S/C26H33F3O6/c1-5-6-20(34)35-26(19(33)12-30)13(2)9-14-15-10-16(27)21-22(28)17(31)7-8-23(21,3)25(15,29)18(32)11-24(14,26)4/h7-8,13-16,18,30,32H,5-6,9-12H2,1-4H3/t13-,14+,15+,16+,18+,23+,24+,25+,26-/m1/s1. The number of carbonyl (C=O) groups is 3. The first kappa shape index (κ1) is 26.1. The Kier molecular flexibility index (Phi) is 6.16. The third-order valence-corrected chi connectivity index (χ3v) is 9.53. The number of Topliss-reactive ketones (excluding diaryl/α,β-unsaturated/α-hetero) is 1. The number of fused-ring (bicyclic) bond motifs is 5. The highest BCUT2D eigenvalue weighted by molar-refractivity contribution is 6.04. The molecule has 4 rings (SSSR count). The third-order valence-electron chi connectivity index (χ3n) is 9.53. The second-order valence-electron chi connectivity index (χ2n) is 11.1. The summed E-state index contributed by atoms with van der Waals surface area (Å²) in [5.74, 6) is -6.29. The van der Waals surface area contributed by atoms with Crippen LogP contribution < -0.4 is 0 Å². The highest BCUT2D eigenvalue weighted by atomic mass is 19.2. The Morgan fingerprint density at radius 3 is 2.49 bits per heavy atom. The van der Waals surface area contributed by atoms with Crippen LogP contribution in [0.1, 0.15) is 59.8 Å². The first-order valence-corrected chi connectivity index (χ1v) is 12.3. The highest BCUT2D eigenvalue weighted by Gasteiger charge is 2.78. The van der Waals surface area contributed by atoms with E-state index in [-0.39, 0.29) is 19.3 Å². The van der Waals surface area contributed by atoms with E-state index in [2.05, 4.69) is 0 Å². The minimum absolute atomic E-state index is 0.0316. The number of aliphatic hydroxyl groups excluding tert-OH is 2. The number of ether oxygens (including phenoxy) is 1. The molecule has 0 aliphatic heterocycles. The average molecular weight is 499 g/mol. The van der Waals surface area contributed by atoms with Crippen molar-refractivity contribution in [3.63, 3.8) is 0 Å². The van der Waals surface area contributed by atoms with Gasteiger partial charge in [0.25, 0.3) is 0 Å². The van der Waals surface area contributed by atoms with Gasteiger partial charge in [-0.1, -0.05) is 26.8 Å². The van der Waals surface area contributed by atoms with Crippen LogP contribution in [0.4, 0.5) is 13.2 Å². The van der Waals surface area contributed by atoms with Gasteiger partial charge in [0.15, 0.2) is 17.1 Å². The van der Waals surface area contributed by atoms with E-state index in [4.69, 9.17) is 4.74 Å². The van der Waals surface area contributed by atoms with Crippen molar-refractivity contribution in [3.8, 4) is 0 Å². The summed E-state index contributed by atoms with van der Waals surface area (Å²) in [4.78, 5) is 37.8. The van der Waals surface area contributed by atoms with Crippen LogP contribution in [0.15, 0.2) is 23.6 Å². The number of esters is 1. The van der Waals surface area contributed by atoms with E-state index in [1.54, 1.807) is 20.8 Å². The molecule has 0 aromatic heterocycles. The number of carbonyl (C=O) groups excluding carboxylic acids is 3. The van der Waals surface area contributed by atoms with E-state index in [0.717, 1.165) is 12.2 Å². The summed E-state index contributed by atoms with van der Waals surface area (Å²) >= 11 is 0. The van der Waals surface area contributed by atoms with Gasteiger partial charge in [0.1, 0.15) is 12.8 Å². The largest absolute Gasteiger partial charge is 0.450 e. The summed E-state index contributed by atoms with van der Waals surface area (Å²) in [7, 11) is 0. The van der Waals surface area contributed by atoms with E-state index in [1.165, 1.54) is 6.92 Å². The van der Waals surface area contributed by atoms with Crippen molar-refractivity contribution in [1.82, 2.24) is 0 Å². The minimum atomic E-state index is -2.53. The van der Waals surface area contributed by atoms with Gasteiger partial charge in [0, 0.05) is 34.7 Å². The van der Waals surface area contributed by atoms with Gasteiger partial charge in [0.05, 0.1) is 6.10 Å². The molecule has 4 aliphatic rings. The molecule has 0 unspecified atom stereocenters.